The molecule has 4 rings (SSSR count). The van der Waals surface area contributed by atoms with Crippen LogP contribution in [0.4, 0.5) is 0 Å². The minimum atomic E-state index is -0.136. The van der Waals surface area contributed by atoms with Gasteiger partial charge in [-0.1, -0.05) is 51.2 Å². The number of pyridine rings is 3. The van der Waals surface area contributed by atoms with Gasteiger partial charge < -0.3 is 9.67 Å². The molecule has 0 spiro atoms. The van der Waals surface area contributed by atoms with Crippen molar-refractivity contribution in [3.05, 3.63) is 103 Å². The molecule has 0 aromatic carbocycles. The Kier molecular flexibility index (Phi) is 8.38. The molecule has 0 saturated carbocycles. The first-order valence-electron chi connectivity index (χ1n) is 10.0. The number of nitrogens with zero attached hydrogens (tertiary/aromatic N) is 5. The molecule has 161 valence electrons. The molecular formula is C25H28N5Re-. The van der Waals surface area contributed by atoms with Crippen molar-refractivity contribution < 1.29 is 20.4 Å². The fourth-order valence-corrected chi connectivity index (χ4v) is 2.85. The van der Waals surface area contributed by atoms with E-state index in [9.17, 15) is 0 Å². The molecule has 4 heterocycles. The van der Waals surface area contributed by atoms with Crippen LogP contribution in [0.15, 0.2) is 79.3 Å². The van der Waals surface area contributed by atoms with E-state index < -0.39 is 0 Å². The maximum Gasteiger partial charge on any atom is 0.0519 e. The molecule has 6 heteroatoms. The zero-order valence-electron chi connectivity index (χ0n) is 18.6. The second kappa shape index (κ2) is 10.6. The topological polar surface area (TPSA) is 56.5 Å². The van der Waals surface area contributed by atoms with Crippen molar-refractivity contribution in [1.29, 1.82) is 0 Å². The van der Waals surface area contributed by atoms with Crippen LogP contribution in [0.2, 0.25) is 0 Å². The molecule has 0 aliphatic heterocycles. The van der Waals surface area contributed by atoms with E-state index in [1.54, 1.807) is 10.9 Å². The van der Waals surface area contributed by atoms with Crippen LogP contribution >= 0.6 is 0 Å². The van der Waals surface area contributed by atoms with Gasteiger partial charge in [0.15, 0.2) is 0 Å². The Bertz CT molecular complexity index is 998. The molecule has 0 unspecified atom stereocenters. The molecular weight excluding hydrogens is 557 g/mol. The smallest absolute Gasteiger partial charge is 0.0519 e. The van der Waals surface area contributed by atoms with Crippen LogP contribution in [0.1, 0.15) is 51.7 Å². The summed E-state index contributed by atoms with van der Waals surface area (Å²) in [4.78, 5) is 13.0. The molecule has 4 aromatic heterocycles. The second-order valence-electron chi connectivity index (χ2n) is 8.56. The molecule has 0 aliphatic carbocycles. The standard InChI is InChI=1S/C13H14N2.C12H14N3.Re/c1-13(2,11-7-3-5-9-14-11)12-8-4-6-10-15-12;1-12(2,3)10-7-9-15(14-10)11-6-4-5-8-13-11;/h3-10H,1-2H3;4-8H,1-3H3;/q;-1;. The Balaban J connectivity index is 0.000000213. The fourth-order valence-electron chi connectivity index (χ4n) is 2.85. The Labute approximate surface area is 198 Å². The summed E-state index contributed by atoms with van der Waals surface area (Å²) in [5.41, 5.74) is 3.03. The van der Waals surface area contributed by atoms with E-state index >= 15 is 0 Å². The summed E-state index contributed by atoms with van der Waals surface area (Å²) in [5, 5.41) is 4.45. The van der Waals surface area contributed by atoms with Crippen molar-refractivity contribution in [3.8, 4) is 5.82 Å². The summed E-state index contributed by atoms with van der Waals surface area (Å²) in [7, 11) is 0. The summed E-state index contributed by atoms with van der Waals surface area (Å²) in [5.74, 6) is 0.799. The van der Waals surface area contributed by atoms with E-state index in [0.29, 0.717) is 0 Å². The Hall–Kier alpha value is -2.68. The van der Waals surface area contributed by atoms with Gasteiger partial charge in [0.05, 0.1) is 17.2 Å². The van der Waals surface area contributed by atoms with Gasteiger partial charge in [0.1, 0.15) is 0 Å². The van der Waals surface area contributed by atoms with Crippen molar-refractivity contribution in [2.75, 3.05) is 0 Å². The van der Waals surface area contributed by atoms with Crippen molar-refractivity contribution in [3.63, 3.8) is 0 Å². The van der Waals surface area contributed by atoms with Gasteiger partial charge in [0.25, 0.3) is 0 Å². The van der Waals surface area contributed by atoms with Crippen molar-refractivity contribution in [1.82, 2.24) is 24.7 Å². The molecule has 0 atom stereocenters. The van der Waals surface area contributed by atoms with Crippen LogP contribution in [0, 0.1) is 6.20 Å². The van der Waals surface area contributed by atoms with Crippen LogP contribution in [0.25, 0.3) is 5.82 Å². The second-order valence-corrected chi connectivity index (χ2v) is 8.56. The molecule has 4 aromatic rings. The van der Waals surface area contributed by atoms with Crippen LogP contribution < -0.4 is 0 Å². The quantitative estimate of drug-likeness (QED) is 0.312. The maximum atomic E-state index is 4.45. The largest absolute Gasteiger partial charge is 0.343 e. The summed E-state index contributed by atoms with van der Waals surface area (Å²) < 4.78 is 1.68. The van der Waals surface area contributed by atoms with Crippen molar-refractivity contribution in [2.24, 2.45) is 0 Å². The molecule has 0 saturated heterocycles. The van der Waals surface area contributed by atoms with Gasteiger partial charge in [-0.25, -0.2) is 0 Å². The van der Waals surface area contributed by atoms with Gasteiger partial charge in [0.2, 0.25) is 0 Å². The van der Waals surface area contributed by atoms with Crippen LogP contribution in [-0.2, 0) is 31.3 Å². The third kappa shape index (κ3) is 6.40. The van der Waals surface area contributed by atoms with Crippen LogP contribution in [0.5, 0.6) is 0 Å². The molecule has 1 radical (unpaired) electrons. The molecule has 5 nitrogen and oxygen atoms in total. The Morgan fingerprint density at radius 3 is 1.58 bits per heavy atom. The summed E-state index contributed by atoms with van der Waals surface area (Å²) in [6.07, 6.45) is 8.46. The maximum absolute atomic E-state index is 4.45. The number of rotatable bonds is 3. The first-order chi connectivity index (χ1) is 14.3. The predicted octanol–water partition coefficient (Wildman–Crippen LogP) is 5.16. The van der Waals surface area contributed by atoms with E-state index in [0.717, 1.165) is 22.9 Å². The van der Waals surface area contributed by atoms with E-state index in [2.05, 4.69) is 60.9 Å². The molecule has 0 amide bonds. The van der Waals surface area contributed by atoms with E-state index in [-0.39, 0.29) is 31.3 Å². The average molecular weight is 585 g/mol. The van der Waals surface area contributed by atoms with Gasteiger partial charge in [-0.2, -0.15) is 0 Å². The fraction of sp³-hybridized carbons (Fsp3) is 0.280. The number of hydrogen-bond acceptors (Lipinski definition) is 4. The Morgan fingerprint density at radius 1 is 0.677 bits per heavy atom. The van der Waals surface area contributed by atoms with Gasteiger partial charge >= 0.3 is 0 Å². The third-order valence-corrected chi connectivity index (χ3v) is 4.78. The van der Waals surface area contributed by atoms with Crippen molar-refractivity contribution in [2.45, 2.75) is 45.4 Å². The first kappa shape index (κ1) is 24.6. The SMILES string of the molecule is CC(C)(C)c1c[c-]n(-c2ccccn2)n1.CC(C)(c1ccccn1)c1ccccn1.[Re]. The zero-order chi connectivity index (χ0) is 21.6. The number of hydrogen-bond donors (Lipinski definition) is 0. The minimum Gasteiger partial charge on any atom is -0.343 e. The molecule has 0 fully saturated rings. The van der Waals surface area contributed by atoms with E-state index in [1.165, 1.54) is 0 Å². The van der Waals surface area contributed by atoms with Gasteiger partial charge in [-0.3, -0.25) is 15.1 Å². The number of aromatic nitrogens is 5. The zero-order valence-corrected chi connectivity index (χ0v) is 21.3. The van der Waals surface area contributed by atoms with E-state index in [4.69, 9.17) is 0 Å². The summed E-state index contributed by atoms with van der Waals surface area (Å²) >= 11 is 0. The minimum absolute atomic E-state index is 0. The van der Waals surface area contributed by atoms with Crippen molar-refractivity contribution >= 4 is 0 Å². The molecule has 31 heavy (non-hydrogen) atoms. The van der Waals surface area contributed by atoms with Gasteiger partial charge in [0, 0.05) is 44.4 Å². The molecule has 0 bridgehead atoms. The third-order valence-electron chi connectivity index (χ3n) is 4.78. The average Bonchev–Trinajstić information content (AvgIpc) is 3.27. The molecule has 0 N–H and O–H groups in total. The van der Waals surface area contributed by atoms with Crippen LogP contribution in [-0.4, -0.2) is 24.7 Å². The normalized spacial score (nSPS) is 11.1. The van der Waals surface area contributed by atoms with Gasteiger partial charge in [-0.15, -0.1) is 6.07 Å². The Morgan fingerprint density at radius 2 is 1.19 bits per heavy atom. The molecule has 0 aliphatic rings. The summed E-state index contributed by atoms with van der Waals surface area (Å²) in [6, 6.07) is 19.6. The van der Waals surface area contributed by atoms with Crippen LogP contribution in [0.3, 0.4) is 0 Å². The summed E-state index contributed by atoms with van der Waals surface area (Å²) in [6.45, 7) is 10.7. The van der Waals surface area contributed by atoms with E-state index in [1.807, 2.05) is 73.1 Å². The van der Waals surface area contributed by atoms with Gasteiger partial charge in [-0.05, 0) is 55.3 Å². The monoisotopic (exact) mass is 585 g/mol. The predicted molar refractivity (Wildman–Crippen MR) is 119 cm³/mol. The first-order valence-corrected chi connectivity index (χ1v) is 10.0.